The van der Waals surface area contributed by atoms with Crippen LogP contribution in [0.25, 0.3) is 39.2 Å². The molecule has 0 N–H and O–H groups in total. The molecule has 5 heteroatoms. The first-order valence-corrected chi connectivity index (χ1v) is 11.2. The molecule has 0 fully saturated rings. The highest BCUT2D eigenvalue weighted by molar-refractivity contribution is 6.07. The Morgan fingerprint density at radius 2 is 1.40 bits per heavy atom. The van der Waals surface area contributed by atoms with Gasteiger partial charge in [0.2, 0.25) is 0 Å². The molecule has 0 radical (unpaired) electrons. The summed E-state index contributed by atoms with van der Waals surface area (Å²) < 4.78 is 6.59. The van der Waals surface area contributed by atoms with E-state index in [2.05, 4.69) is 45.7 Å². The van der Waals surface area contributed by atoms with E-state index in [9.17, 15) is 9.59 Å². The van der Waals surface area contributed by atoms with Crippen LogP contribution in [0.3, 0.4) is 0 Å². The number of hydrogen-bond acceptors (Lipinski definition) is 4. The van der Waals surface area contributed by atoms with Crippen LogP contribution in [0.15, 0.2) is 116 Å². The number of hydrogen-bond donors (Lipinski definition) is 0. The largest absolute Gasteiger partial charge is 0.466 e. The maximum absolute atomic E-state index is 12.4. The fourth-order valence-corrected chi connectivity index (χ4v) is 3.97. The molecule has 0 aliphatic carbocycles. The molecule has 2 heterocycles. The Morgan fingerprint density at radius 1 is 0.743 bits per heavy atom. The topological polar surface area (TPSA) is 60.7 Å². The van der Waals surface area contributed by atoms with Crippen LogP contribution in [-0.2, 0) is 9.53 Å². The molecule has 3 aromatic carbocycles. The molecule has 0 unspecified atom stereocenters. The molecule has 5 nitrogen and oxygen atoms in total. The molecule has 2 aromatic heterocycles. The number of nitrogens with zero attached hydrogens (tertiary/aromatic N) is 2. The van der Waals surface area contributed by atoms with Gasteiger partial charge >= 0.3 is 5.97 Å². The molecule has 5 rings (SSSR count). The van der Waals surface area contributed by atoms with Gasteiger partial charge < -0.3 is 9.14 Å². The number of esters is 1. The minimum atomic E-state index is -0.563. The van der Waals surface area contributed by atoms with Gasteiger partial charge in [-0.3, -0.25) is 4.79 Å². The van der Waals surface area contributed by atoms with Crippen LogP contribution in [0.2, 0.25) is 0 Å². The summed E-state index contributed by atoms with van der Waals surface area (Å²) in [5.41, 5.74) is 7.38. The second-order valence-electron chi connectivity index (χ2n) is 8.03. The van der Waals surface area contributed by atoms with E-state index in [1.54, 1.807) is 12.1 Å². The van der Waals surface area contributed by atoms with Gasteiger partial charge in [0, 0.05) is 35.2 Å². The van der Waals surface area contributed by atoms with E-state index in [1.165, 1.54) is 13.2 Å². The van der Waals surface area contributed by atoms with Gasteiger partial charge in [0.1, 0.15) is 5.65 Å². The summed E-state index contributed by atoms with van der Waals surface area (Å²) in [7, 11) is 1.27. The van der Waals surface area contributed by atoms with Gasteiger partial charge in [0.25, 0.3) is 0 Å². The maximum Gasteiger partial charge on any atom is 0.330 e. The Kier molecular flexibility index (Phi) is 6.05. The van der Waals surface area contributed by atoms with Crippen molar-refractivity contribution in [3.63, 3.8) is 0 Å². The van der Waals surface area contributed by atoms with Crippen molar-refractivity contribution in [1.29, 1.82) is 0 Å². The van der Waals surface area contributed by atoms with Gasteiger partial charge in [0.05, 0.1) is 12.8 Å². The fourth-order valence-electron chi connectivity index (χ4n) is 3.97. The van der Waals surface area contributed by atoms with E-state index in [-0.39, 0.29) is 5.78 Å². The van der Waals surface area contributed by atoms with Crippen LogP contribution in [-0.4, -0.2) is 28.2 Å². The molecule has 0 aliphatic rings. The van der Waals surface area contributed by atoms with Crippen LogP contribution < -0.4 is 0 Å². The summed E-state index contributed by atoms with van der Waals surface area (Å²) in [6, 6.07) is 29.7. The molecule has 5 aromatic rings. The zero-order valence-electron chi connectivity index (χ0n) is 19.1. The number of pyridine rings is 1. The van der Waals surface area contributed by atoms with Crippen LogP contribution in [0, 0.1) is 0 Å². The quantitative estimate of drug-likeness (QED) is 0.171. The zero-order chi connectivity index (χ0) is 24.2. The highest BCUT2D eigenvalue weighted by Crippen LogP contribution is 2.32. The van der Waals surface area contributed by atoms with Crippen molar-refractivity contribution >= 4 is 17.4 Å². The van der Waals surface area contributed by atoms with Crippen molar-refractivity contribution in [2.45, 2.75) is 0 Å². The third kappa shape index (κ3) is 4.66. The number of carbonyl (C=O) groups is 2. The van der Waals surface area contributed by atoms with Crippen LogP contribution in [0.5, 0.6) is 0 Å². The number of fused-ring (bicyclic) bond motifs is 1. The molecule has 0 saturated heterocycles. The normalized spacial score (nSPS) is 11.1. The molecule has 35 heavy (non-hydrogen) atoms. The second kappa shape index (κ2) is 9.61. The Balaban J connectivity index is 1.57. The van der Waals surface area contributed by atoms with E-state index in [1.807, 2.05) is 54.7 Å². The van der Waals surface area contributed by atoms with Crippen molar-refractivity contribution in [3.05, 3.63) is 121 Å². The molecular formula is C30H22N2O3. The smallest absolute Gasteiger partial charge is 0.330 e. The highest BCUT2D eigenvalue weighted by Gasteiger charge is 2.13. The van der Waals surface area contributed by atoms with E-state index in [4.69, 9.17) is 4.98 Å². The minimum absolute atomic E-state index is 0.260. The number of rotatable bonds is 6. The monoisotopic (exact) mass is 458 g/mol. The third-order valence-electron chi connectivity index (χ3n) is 5.78. The lowest BCUT2D eigenvalue weighted by molar-refractivity contribution is -0.134. The first-order chi connectivity index (χ1) is 17.1. The SMILES string of the molecule is COC(=O)C=CC(=O)c1ccc(-c2cc(-c3ccccc3)c3nc(-c4ccccc4)cn3c2)cc1. The lowest BCUT2D eigenvalue weighted by Gasteiger charge is -2.09. The Bertz CT molecular complexity index is 1530. The van der Waals surface area contributed by atoms with E-state index in [0.29, 0.717) is 5.56 Å². The first-order valence-electron chi connectivity index (χ1n) is 11.2. The summed E-state index contributed by atoms with van der Waals surface area (Å²) in [4.78, 5) is 28.6. The molecule has 0 saturated carbocycles. The predicted molar refractivity (Wildman–Crippen MR) is 137 cm³/mol. The van der Waals surface area contributed by atoms with Gasteiger partial charge in [-0.25, -0.2) is 9.78 Å². The maximum atomic E-state index is 12.4. The standard InChI is InChI=1S/C30H22N2O3/c1-35-29(34)17-16-28(33)24-14-12-21(13-15-24)25-18-26(22-8-4-2-5-9-22)30-31-27(20-32(30)19-25)23-10-6-3-7-11-23/h2-20H,1H3. The van der Waals surface area contributed by atoms with E-state index in [0.717, 1.165) is 45.2 Å². The van der Waals surface area contributed by atoms with Gasteiger partial charge in [-0.1, -0.05) is 84.9 Å². The van der Waals surface area contributed by atoms with E-state index >= 15 is 0 Å². The van der Waals surface area contributed by atoms with Gasteiger partial charge in [-0.2, -0.15) is 0 Å². The van der Waals surface area contributed by atoms with Gasteiger partial charge in [-0.15, -0.1) is 0 Å². The van der Waals surface area contributed by atoms with Crippen LogP contribution >= 0.6 is 0 Å². The Hall–Kier alpha value is -4.77. The summed E-state index contributed by atoms with van der Waals surface area (Å²) >= 11 is 0. The summed E-state index contributed by atoms with van der Waals surface area (Å²) in [5, 5.41) is 0. The molecule has 0 atom stereocenters. The van der Waals surface area contributed by atoms with Gasteiger partial charge in [0.15, 0.2) is 5.78 Å². The molecular weight excluding hydrogens is 436 g/mol. The average Bonchev–Trinajstić information content (AvgIpc) is 3.36. The molecule has 0 amide bonds. The molecule has 0 aliphatic heterocycles. The van der Waals surface area contributed by atoms with Crippen molar-refractivity contribution in [2.75, 3.05) is 7.11 Å². The van der Waals surface area contributed by atoms with Crippen molar-refractivity contribution in [3.8, 4) is 33.5 Å². The Labute approximate surface area is 203 Å². The summed E-state index contributed by atoms with van der Waals surface area (Å²) in [6.07, 6.45) is 6.43. The lowest BCUT2D eigenvalue weighted by atomic mass is 9.99. The number of imidazole rings is 1. The van der Waals surface area contributed by atoms with Crippen molar-refractivity contribution in [2.24, 2.45) is 0 Å². The fraction of sp³-hybridized carbons (Fsp3) is 0.0333. The number of benzene rings is 3. The van der Waals surface area contributed by atoms with Crippen molar-refractivity contribution < 1.29 is 14.3 Å². The van der Waals surface area contributed by atoms with Gasteiger partial charge in [-0.05, 0) is 28.8 Å². The average molecular weight is 459 g/mol. The predicted octanol–water partition coefficient (Wildman–Crippen LogP) is 6.25. The third-order valence-corrected chi connectivity index (χ3v) is 5.78. The second-order valence-corrected chi connectivity index (χ2v) is 8.03. The lowest BCUT2D eigenvalue weighted by Crippen LogP contribution is -1.99. The highest BCUT2D eigenvalue weighted by atomic mass is 16.5. The summed E-state index contributed by atoms with van der Waals surface area (Å²) in [5.74, 6) is -0.823. The zero-order valence-corrected chi connectivity index (χ0v) is 19.1. The number of allylic oxidation sites excluding steroid dienone is 1. The van der Waals surface area contributed by atoms with E-state index < -0.39 is 5.97 Å². The first kappa shape index (κ1) is 22.0. The van der Waals surface area contributed by atoms with Crippen LogP contribution in [0.1, 0.15) is 10.4 Å². The summed E-state index contributed by atoms with van der Waals surface area (Å²) in [6.45, 7) is 0. The number of ketones is 1. The number of carbonyl (C=O) groups excluding carboxylic acids is 2. The minimum Gasteiger partial charge on any atom is -0.466 e. The molecule has 0 bridgehead atoms. The molecule has 170 valence electrons. The van der Waals surface area contributed by atoms with Crippen molar-refractivity contribution in [1.82, 2.24) is 9.38 Å². The Morgan fingerprint density at radius 3 is 2.06 bits per heavy atom. The number of aromatic nitrogens is 2. The van der Waals surface area contributed by atoms with Crippen LogP contribution in [0.4, 0.5) is 0 Å². The molecule has 0 spiro atoms. The number of ether oxygens (including phenoxy) is 1. The number of methoxy groups -OCH3 is 1.